The van der Waals surface area contributed by atoms with Crippen LogP contribution in [-0.2, 0) is 11.8 Å². The summed E-state index contributed by atoms with van der Waals surface area (Å²) in [5, 5.41) is 11.2. The third-order valence-electron chi connectivity index (χ3n) is 10.7. The quantitative estimate of drug-likeness (QED) is 0.324. The SMILES string of the molecule is C=CCSc1nc2c(c(-c3ccccc3)c1C#N)C[C@@H]1[C@@H]3CC[C@@H]4CCCC[C@]4(C)[C@@H]3CC[C@]21C. The van der Waals surface area contributed by atoms with Crippen LogP contribution in [0.2, 0.25) is 0 Å². The fraction of sp³-hybridized carbons (Fsp3) is 0.562. The number of pyridine rings is 1. The number of rotatable bonds is 4. The third kappa shape index (κ3) is 3.46. The summed E-state index contributed by atoms with van der Waals surface area (Å²) >= 11 is 1.67. The second-order valence-corrected chi connectivity index (χ2v) is 13.1. The van der Waals surface area contributed by atoms with Gasteiger partial charge in [0.1, 0.15) is 11.1 Å². The van der Waals surface area contributed by atoms with Crippen LogP contribution in [0.15, 0.2) is 48.0 Å². The Morgan fingerprint density at radius 2 is 1.91 bits per heavy atom. The van der Waals surface area contributed by atoms with Gasteiger partial charge in [0.25, 0.3) is 0 Å². The van der Waals surface area contributed by atoms with Crippen LogP contribution in [-0.4, -0.2) is 10.7 Å². The van der Waals surface area contributed by atoms with Gasteiger partial charge in [-0.15, -0.1) is 18.3 Å². The van der Waals surface area contributed by atoms with E-state index in [2.05, 4.69) is 56.8 Å². The summed E-state index contributed by atoms with van der Waals surface area (Å²) in [4.78, 5) is 5.33. The van der Waals surface area contributed by atoms with E-state index in [4.69, 9.17) is 4.98 Å². The zero-order valence-electron chi connectivity index (χ0n) is 21.4. The van der Waals surface area contributed by atoms with Crippen LogP contribution in [0.4, 0.5) is 0 Å². The minimum atomic E-state index is 0.120. The highest BCUT2D eigenvalue weighted by molar-refractivity contribution is 7.99. The smallest absolute Gasteiger partial charge is 0.115 e. The normalized spacial score (nSPS) is 35.2. The van der Waals surface area contributed by atoms with E-state index in [9.17, 15) is 5.26 Å². The van der Waals surface area contributed by atoms with E-state index in [0.29, 0.717) is 11.3 Å². The maximum atomic E-state index is 10.3. The predicted octanol–water partition coefficient (Wildman–Crippen LogP) is 8.34. The van der Waals surface area contributed by atoms with Gasteiger partial charge in [0.05, 0.1) is 11.3 Å². The molecule has 0 bridgehead atoms. The Labute approximate surface area is 215 Å². The van der Waals surface area contributed by atoms with Gasteiger partial charge in [-0.05, 0) is 85.2 Å². The van der Waals surface area contributed by atoms with Crippen molar-refractivity contribution in [3.63, 3.8) is 0 Å². The lowest BCUT2D eigenvalue weighted by Crippen LogP contribution is -2.53. The number of benzene rings is 1. The van der Waals surface area contributed by atoms with Gasteiger partial charge in [0.15, 0.2) is 0 Å². The van der Waals surface area contributed by atoms with Crippen molar-refractivity contribution in [2.75, 3.05) is 5.75 Å². The van der Waals surface area contributed by atoms with Crippen molar-refractivity contribution in [3.05, 3.63) is 59.8 Å². The van der Waals surface area contributed by atoms with Gasteiger partial charge in [0.2, 0.25) is 0 Å². The molecular weight excluding hydrogens is 444 g/mol. The van der Waals surface area contributed by atoms with Crippen LogP contribution >= 0.6 is 11.8 Å². The Morgan fingerprint density at radius 3 is 2.69 bits per heavy atom. The maximum absolute atomic E-state index is 10.3. The molecule has 1 heterocycles. The van der Waals surface area contributed by atoms with Gasteiger partial charge in [-0.1, -0.05) is 63.1 Å². The molecule has 6 atom stereocenters. The summed E-state index contributed by atoms with van der Waals surface area (Å²) in [6.07, 6.45) is 14.2. The predicted molar refractivity (Wildman–Crippen MR) is 145 cm³/mol. The molecule has 0 saturated heterocycles. The number of aromatic nitrogens is 1. The first-order chi connectivity index (χ1) is 17.0. The Kier molecular flexibility index (Phi) is 5.88. The van der Waals surface area contributed by atoms with Crippen LogP contribution in [0.25, 0.3) is 11.1 Å². The molecule has 182 valence electrons. The van der Waals surface area contributed by atoms with E-state index in [1.807, 2.05) is 6.08 Å². The van der Waals surface area contributed by atoms with Crippen LogP contribution < -0.4 is 0 Å². The van der Waals surface area contributed by atoms with Crippen molar-refractivity contribution in [1.82, 2.24) is 4.98 Å². The van der Waals surface area contributed by atoms with Crippen LogP contribution in [0.1, 0.15) is 82.0 Å². The molecule has 1 aromatic heterocycles. The standard InChI is InChI=1S/C32H38N2S/c1-4-18-35-30-25(20-33)28(21-10-6-5-7-11-21)24-19-27-23-14-13-22-12-8-9-16-31(22,2)26(23)15-17-32(27,3)29(24)34-30/h4-7,10-11,22-23,26-27H,1,8-9,12-19H2,2-3H3/t22-,23+,26+,27+,31-,32-/m0/s1. The molecule has 4 aliphatic rings. The van der Waals surface area contributed by atoms with Crippen LogP contribution in [0, 0.1) is 40.4 Å². The molecule has 0 amide bonds. The lowest BCUT2D eigenvalue weighted by molar-refractivity contribution is -0.0908. The average Bonchev–Trinajstić information content (AvgIpc) is 3.18. The summed E-state index contributed by atoms with van der Waals surface area (Å²) in [7, 11) is 0. The second kappa shape index (κ2) is 8.81. The van der Waals surface area contributed by atoms with Crippen molar-refractivity contribution < 1.29 is 0 Å². The Bertz CT molecular complexity index is 1180. The van der Waals surface area contributed by atoms with E-state index >= 15 is 0 Å². The van der Waals surface area contributed by atoms with Crippen LogP contribution in [0.3, 0.4) is 0 Å². The molecule has 6 rings (SSSR count). The lowest BCUT2D eigenvalue weighted by Gasteiger charge is -2.59. The first-order valence-electron chi connectivity index (χ1n) is 13.8. The highest BCUT2D eigenvalue weighted by Gasteiger charge is 2.59. The van der Waals surface area contributed by atoms with Crippen molar-refractivity contribution in [3.8, 4) is 17.2 Å². The molecule has 3 heteroatoms. The van der Waals surface area contributed by atoms with E-state index in [0.717, 1.165) is 46.1 Å². The van der Waals surface area contributed by atoms with Crippen LogP contribution in [0.5, 0.6) is 0 Å². The van der Waals surface area contributed by atoms with E-state index in [-0.39, 0.29) is 5.41 Å². The molecule has 4 aliphatic carbocycles. The monoisotopic (exact) mass is 482 g/mol. The van der Waals surface area contributed by atoms with Crippen molar-refractivity contribution in [2.45, 2.75) is 82.1 Å². The lowest BCUT2D eigenvalue weighted by atomic mass is 9.45. The first-order valence-corrected chi connectivity index (χ1v) is 14.8. The second-order valence-electron chi connectivity index (χ2n) is 12.1. The highest BCUT2D eigenvalue weighted by Crippen LogP contribution is 2.66. The van der Waals surface area contributed by atoms with Gasteiger partial charge in [-0.25, -0.2) is 4.98 Å². The summed E-state index contributed by atoms with van der Waals surface area (Å²) in [6, 6.07) is 13.2. The Morgan fingerprint density at radius 1 is 1.09 bits per heavy atom. The fourth-order valence-electron chi connectivity index (χ4n) is 9.05. The van der Waals surface area contributed by atoms with Crippen molar-refractivity contribution in [2.24, 2.45) is 29.1 Å². The number of nitriles is 1. The first kappa shape index (κ1) is 23.4. The van der Waals surface area contributed by atoms with E-state index in [1.54, 1.807) is 11.8 Å². The van der Waals surface area contributed by atoms with Gasteiger partial charge < -0.3 is 0 Å². The highest BCUT2D eigenvalue weighted by atomic mass is 32.2. The fourth-order valence-corrected chi connectivity index (χ4v) is 9.77. The van der Waals surface area contributed by atoms with Gasteiger partial charge in [0, 0.05) is 16.7 Å². The van der Waals surface area contributed by atoms with Gasteiger partial charge in [-0.3, -0.25) is 0 Å². The molecule has 0 spiro atoms. The third-order valence-corrected chi connectivity index (χ3v) is 11.7. The molecule has 0 unspecified atom stereocenters. The topological polar surface area (TPSA) is 36.7 Å². The number of fused-ring (bicyclic) bond motifs is 7. The number of nitrogens with zero attached hydrogens (tertiary/aromatic N) is 2. The molecule has 3 saturated carbocycles. The summed E-state index contributed by atoms with van der Waals surface area (Å²) in [6.45, 7) is 9.09. The minimum absolute atomic E-state index is 0.120. The Balaban J connectivity index is 1.48. The van der Waals surface area contributed by atoms with Crippen molar-refractivity contribution >= 4 is 11.8 Å². The number of hydrogen-bond donors (Lipinski definition) is 0. The van der Waals surface area contributed by atoms with E-state index < -0.39 is 0 Å². The number of thioether (sulfide) groups is 1. The van der Waals surface area contributed by atoms with Gasteiger partial charge in [-0.2, -0.15) is 5.26 Å². The maximum Gasteiger partial charge on any atom is 0.115 e. The molecule has 2 aromatic rings. The van der Waals surface area contributed by atoms with Crippen molar-refractivity contribution in [1.29, 1.82) is 5.26 Å². The molecule has 3 fully saturated rings. The molecule has 1 aromatic carbocycles. The minimum Gasteiger partial charge on any atom is -0.244 e. The molecule has 0 radical (unpaired) electrons. The molecule has 0 aliphatic heterocycles. The molecular formula is C32H38N2S. The molecule has 35 heavy (non-hydrogen) atoms. The average molecular weight is 483 g/mol. The zero-order valence-corrected chi connectivity index (χ0v) is 22.2. The Hall–Kier alpha value is -2.05. The summed E-state index contributed by atoms with van der Waals surface area (Å²) in [5.41, 5.74) is 6.44. The largest absolute Gasteiger partial charge is 0.244 e. The summed E-state index contributed by atoms with van der Waals surface area (Å²) < 4.78 is 0. The van der Waals surface area contributed by atoms with E-state index in [1.165, 1.54) is 68.2 Å². The molecule has 2 nitrogen and oxygen atoms in total. The molecule has 0 N–H and O–H groups in total. The van der Waals surface area contributed by atoms with Gasteiger partial charge >= 0.3 is 0 Å². The number of hydrogen-bond acceptors (Lipinski definition) is 3. The zero-order chi connectivity index (χ0) is 24.2. The summed E-state index contributed by atoms with van der Waals surface area (Å²) in [5.74, 6) is 4.02.